The van der Waals surface area contributed by atoms with Crippen LogP contribution >= 0.6 is 15.9 Å². The van der Waals surface area contributed by atoms with Crippen LogP contribution in [0.2, 0.25) is 0 Å². The summed E-state index contributed by atoms with van der Waals surface area (Å²) in [5, 5.41) is 13.6. The molecule has 1 atom stereocenters. The molecule has 8 nitrogen and oxygen atoms in total. The van der Waals surface area contributed by atoms with Gasteiger partial charge in [0, 0.05) is 28.6 Å². The van der Waals surface area contributed by atoms with Crippen LogP contribution in [0.25, 0.3) is 11.8 Å². The number of rotatable bonds is 5. The summed E-state index contributed by atoms with van der Waals surface area (Å²) in [7, 11) is 1.35. The van der Waals surface area contributed by atoms with Crippen molar-refractivity contribution in [2.24, 2.45) is 0 Å². The third-order valence-corrected chi connectivity index (χ3v) is 4.84. The average molecular weight is 473 g/mol. The van der Waals surface area contributed by atoms with Crippen molar-refractivity contribution in [2.45, 2.75) is 26.9 Å². The van der Waals surface area contributed by atoms with Crippen LogP contribution in [0.1, 0.15) is 23.9 Å². The Kier molecular flexibility index (Phi) is 7.55. The Balaban J connectivity index is 2.26. The first-order chi connectivity index (χ1) is 14.2. The number of urea groups is 1. The number of hydrogen-bond acceptors (Lipinski definition) is 5. The van der Waals surface area contributed by atoms with Gasteiger partial charge >= 0.3 is 12.0 Å². The summed E-state index contributed by atoms with van der Waals surface area (Å²) >= 11 is 3.41. The van der Waals surface area contributed by atoms with Crippen molar-refractivity contribution >= 4 is 39.9 Å². The second kappa shape index (κ2) is 9.89. The molecule has 0 bridgehead atoms. The van der Waals surface area contributed by atoms with E-state index in [1.54, 1.807) is 0 Å². The van der Waals surface area contributed by atoms with Crippen LogP contribution < -0.4 is 10.6 Å². The average Bonchev–Trinajstić information content (AvgIpc) is 2.99. The highest BCUT2D eigenvalue weighted by molar-refractivity contribution is 9.10. The molecule has 9 heteroatoms. The lowest BCUT2D eigenvalue weighted by molar-refractivity contribution is -0.150. The highest BCUT2D eigenvalue weighted by Crippen LogP contribution is 2.24. The van der Waals surface area contributed by atoms with E-state index in [0.717, 1.165) is 21.5 Å². The van der Waals surface area contributed by atoms with Gasteiger partial charge in [-0.25, -0.2) is 9.59 Å². The van der Waals surface area contributed by atoms with E-state index in [1.807, 2.05) is 60.1 Å². The fraction of sp³-hybridized carbons (Fsp3) is 0.238. The number of nitriles is 1. The molecule has 2 aromatic rings. The van der Waals surface area contributed by atoms with Crippen molar-refractivity contribution < 1.29 is 19.1 Å². The quantitative estimate of drug-likeness (QED) is 0.394. The van der Waals surface area contributed by atoms with E-state index < -0.39 is 24.0 Å². The van der Waals surface area contributed by atoms with Gasteiger partial charge in [0.2, 0.25) is 0 Å². The standard InChI is InChI=1S/C21H21BrN4O4/c1-12-9-15(13(2)26(12)18-7-5-17(22)6-8-18)10-16(11-23)20(28)30-14(3)19(27)25-21(29)24-4/h5-10,14H,1-4H3,(H2,24,25,27,29)/b16-10+. The Morgan fingerprint density at radius 2 is 1.87 bits per heavy atom. The second-order valence-electron chi connectivity index (χ2n) is 6.42. The van der Waals surface area contributed by atoms with Crippen molar-refractivity contribution in [1.29, 1.82) is 5.26 Å². The summed E-state index contributed by atoms with van der Waals surface area (Å²) in [6.07, 6.45) is 0.172. The minimum absolute atomic E-state index is 0.259. The van der Waals surface area contributed by atoms with E-state index in [0.29, 0.717) is 5.56 Å². The molecule has 1 unspecified atom stereocenters. The van der Waals surface area contributed by atoms with Gasteiger partial charge in [-0.2, -0.15) is 5.26 Å². The van der Waals surface area contributed by atoms with Crippen LogP contribution in [0.3, 0.4) is 0 Å². The number of hydrogen-bond donors (Lipinski definition) is 2. The SMILES string of the molecule is CNC(=O)NC(=O)C(C)OC(=O)/C(C#N)=C/c1cc(C)n(-c2ccc(Br)cc2)c1C. The van der Waals surface area contributed by atoms with Crippen LogP contribution in [0.4, 0.5) is 4.79 Å². The molecular weight excluding hydrogens is 452 g/mol. The number of aryl methyl sites for hydroxylation is 1. The van der Waals surface area contributed by atoms with Crippen molar-refractivity contribution in [1.82, 2.24) is 15.2 Å². The first-order valence-electron chi connectivity index (χ1n) is 8.98. The molecule has 2 N–H and O–H groups in total. The molecule has 0 fully saturated rings. The van der Waals surface area contributed by atoms with Crippen molar-refractivity contribution in [3.05, 3.63) is 57.3 Å². The van der Waals surface area contributed by atoms with Gasteiger partial charge < -0.3 is 14.6 Å². The number of amides is 3. The van der Waals surface area contributed by atoms with Gasteiger partial charge in [0.15, 0.2) is 6.10 Å². The van der Waals surface area contributed by atoms with Gasteiger partial charge in [-0.3, -0.25) is 10.1 Å². The van der Waals surface area contributed by atoms with Gasteiger partial charge in [-0.1, -0.05) is 15.9 Å². The summed E-state index contributed by atoms with van der Waals surface area (Å²) in [6.45, 7) is 5.10. The minimum atomic E-state index is -1.25. The van der Waals surface area contributed by atoms with Gasteiger partial charge in [-0.05, 0) is 62.7 Å². The first kappa shape index (κ1) is 22.9. The van der Waals surface area contributed by atoms with E-state index in [-0.39, 0.29) is 5.57 Å². The summed E-state index contributed by atoms with van der Waals surface area (Å²) in [6, 6.07) is 10.7. The van der Waals surface area contributed by atoms with Crippen LogP contribution in [-0.4, -0.2) is 35.6 Å². The smallest absolute Gasteiger partial charge is 0.349 e. The van der Waals surface area contributed by atoms with E-state index in [1.165, 1.54) is 20.0 Å². The van der Waals surface area contributed by atoms with Crippen LogP contribution in [0.5, 0.6) is 0 Å². The topological polar surface area (TPSA) is 113 Å². The number of ether oxygens (including phenoxy) is 1. The number of carbonyl (C=O) groups is 3. The van der Waals surface area contributed by atoms with Crippen molar-refractivity contribution in [3.8, 4) is 11.8 Å². The molecular formula is C21H21BrN4O4. The number of benzene rings is 1. The lowest BCUT2D eigenvalue weighted by atomic mass is 10.1. The minimum Gasteiger partial charge on any atom is -0.448 e. The zero-order valence-electron chi connectivity index (χ0n) is 16.9. The molecule has 0 aliphatic rings. The third kappa shape index (κ3) is 5.36. The molecule has 0 aliphatic heterocycles. The summed E-state index contributed by atoms with van der Waals surface area (Å²) in [4.78, 5) is 35.4. The number of imide groups is 1. The maximum atomic E-state index is 12.4. The predicted molar refractivity (Wildman–Crippen MR) is 115 cm³/mol. The maximum Gasteiger partial charge on any atom is 0.349 e. The van der Waals surface area contributed by atoms with E-state index in [9.17, 15) is 19.6 Å². The van der Waals surface area contributed by atoms with Gasteiger partial charge in [0.05, 0.1) is 0 Å². The number of aromatic nitrogens is 1. The normalized spacial score (nSPS) is 11.9. The first-order valence-corrected chi connectivity index (χ1v) is 9.77. The summed E-state index contributed by atoms with van der Waals surface area (Å²) in [5.41, 5.74) is 3.11. The van der Waals surface area contributed by atoms with Crippen molar-refractivity contribution in [2.75, 3.05) is 7.05 Å². The summed E-state index contributed by atoms with van der Waals surface area (Å²) in [5.74, 6) is -1.75. The van der Waals surface area contributed by atoms with Crippen LogP contribution in [0.15, 0.2) is 40.4 Å². The Morgan fingerprint density at radius 1 is 1.23 bits per heavy atom. The number of nitrogens with one attached hydrogen (secondary N) is 2. The zero-order valence-corrected chi connectivity index (χ0v) is 18.5. The molecule has 0 aliphatic carbocycles. The highest BCUT2D eigenvalue weighted by Gasteiger charge is 2.22. The molecule has 0 saturated carbocycles. The molecule has 3 amide bonds. The molecule has 0 saturated heterocycles. The fourth-order valence-corrected chi connectivity index (χ4v) is 3.03. The maximum absolute atomic E-state index is 12.4. The van der Waals surface area contributed by atoms with Crippen LogP contribution in [-0.2, 0) is 14.3 Å². The van der Waals surface area contributed by atoms with E-state index >= 15 is 0 Å². The zero-order chi connectivity index (χ0) is 22.4. The van der Waals surface area contributed by atoms with E-state index in [4.69, 9.17) is 4.74 Å². The van der Waals surface area contributed by atoms with Gasteiger partial charge in [0.25, 0.3) is 5.91 Å². The van der Waals surface area contributed by atoms with Gasteiger partial charge in [-0.15, -0.1) is 0 Å². The molecule has 0 spiro atoms. The molecule has 1 aromatic carbocycles. The third-order valence-electron chi connectivity index (χ3n) is 4.31. The Hall–Kier alpha value is -3.38. The molecule has 156 valence electrons. The molecule has 30 heavy (non-hydrogen) atoms. The molecule has 1 aromatic heterocycles. The van der Waals surface area contributed by atoms with Gasteiger partial charge in [0.1, 0.15) is 11.6 Å². The predicted octanol–water partition coefficient (Wildman–Crippen LogP) is 3.15. The number of esters is 1. The molecule has 2 rings (SSSR count). The van der Waals surface area contributed by atoms with E-state index in [2.05, 4.69) is 21.2 Å². The second-order valence-corrected chi connectivity index (χ2v) is 7.34. The van der Waals surface area contributed by atoms with Crippen molar-refractivity contribution in [3.63, 3.8) is 0 Å². The lowest BCUT2D eigenvalue weighted by Crippen LogP contribution is -2.43. The lowest BCUT2D eigenvalue weighted by Gasteiger charge is -2.12. The number of halogens is 1. The summed E-state index contributed by atoms with van der Waals surface area (Å²) < 4.78 is 7.98. The fourth-order valence-electron chi connectivity index (χ4n) is 2.77. The number of nitrogens with zero attached hydrogens (tertiary/aromatic N) is 2. The Morgan fingerprint density at radius 3 is 2.43 bits per heavy atom. The monoisotopic (exact) mass is 472 g/mol. The van der Waals surface area contributed by atoms with Crippen LogP contribution in [0, 0.1) is 25.2 Å². The Labute approximate surface area is 182 Å². The molecule has 1 heterocycles. The largest absolute Gasteiger partial charge is 0.448 e. The Bertz CT molecular complexity index is 1050. The highest BCUT2D eigenvalue weighted by atomic mass is 79.9. The molecule has 0 radical (unpaired) electrons. The number of carbonyl (C=O) groups excluding carboxylic acids is 3.